The molecule has 2 aromatic heterocycles. The monoisotopic (exact) mass is 450 g/mol. The number of pyridine rings is 1. The molecule has 0 atom stereocenters. The second-order valence-electron chi connectivity index (χ2n) is 8.47. The molecule has 32 heavy (non-hydrogen) atoms. The molecular weight excluding hydrogens is 424 g/mol. The molecule has 1 N–H and O–H groups in total. The first kappa shape index (κ1) is 20.9. The molecule has 0 unspecified atom stereocenters. The van der Waals surface area contributed by atoms with Crippen LogP contribution in [0.25, 0.3) is 21.3 Å². The van der Waals surface area contributed by atoms with Crippen molar-refractivity contribution in [2.75, 3.05) is 16.8 Å². The number of rotatable bonds is 3. The molecule has 1 saturated carbocycles. The van der Waals surface area contributed by atoms with Gasteiger partial charge in [-0.25, -0.2) is 9.78 Å². The van der Waals surface area contributed by atoms with E-state index < -0.39 is 0 Å². The molecule has 2 aliphatic rings. The summed E-state index contributed by atoms with van der Waals surface area (Å²) < 4.78 is 6.83. The lowest BCUT2D eigenvalue weighted by Crippen LogP contribution is -2.38. The summed E-state index contributed by atoms with van der Waals surface area (Å²) in [5.74, 6) is -0.136. The van der Waals surface area contributed by atoms with Crippen LogP contribution < -0.4 is 10.2 Å². The molecule has 3 aromatic rings. The third kappa shape index (κ3) is 4.32. The maximum atomic E-state index is 13.0. The molecule has 1 aliphatic heterocycles. The van der Waals surface area contributed by atoms with Crippen LogP contribution in [0.15, 0.2) is 30.5 Å². The number of benzene rings is 1. The molecule has 1 aliphatic carbocycles. The van der Waals surface area contributed by atoms with Gasteiger partial charge < -0.3 is 10.1 Å². The Morgan fingerprint density at radius 1 is 1.12 bits per heavy atom. The molecule has 0 saturated heterocycles. The molecule has 0 bridgehead atoms. The molecule has 8 heteroatoms. The van der Waals surface area contributed by atoms with E-state index in [0.717, 1.165) is 71.2 Å². The zero-order valence-corrected chi connectivity index (χ0v) is 18.9. The molecule has 1 fully saturated rings. The molecule has 166 valence electrons. The first-order valence-corrected chi connectivity index (χ1v) is 12.0. The Bertz CT molecular complexity index is 1170. The molecule has 0 radical (unpaired) electrons. The van der Waals surface area contributed by atoms with Crippen molar-refractivity contribution in [1.82, 2.24) is 9.97 Å². The van der Waals surface area contributed by atoms with Crippen LogP contribution in [0.5, 0.6) is 0 Å². The van der Waals surface area contributed by atoms with Crippen molar-refractivity contribution in [2.24, 2.45) is 0 Å². The Morgan fingerprint density at radius 3 is 2.78 bits per heavy atom. The summed E-state index contributed by atoms with van der Waals surface area (Å²) in [6, 6.07) is 8.04. The molecule has 0 spiro atoms. The largest absolute Gasteiger partial charge is 0.446 e. The lowest BCUT2D eigenvalue weighted by molar-refractivity contribution is -0.114. The molecule has 2 amide bonds. The number of thiazole rings is 1. The maximum Gasteiger partial charge on any atom is 0.414 e. The van der Waals surface area contributed by atoms with Crippen molar-refractivity contribution < 1.29 is 14.3 Å². The standard InChI is InChI=1S/C24H26N4O3S/c1-15(29)26-23-27-20-10-9-16(13-22(20)32-23)17-12-21-19(25-14-17)8-5-11-28(21)24(30)31-18-6-3-2-4-7-18/h9-10,12-14,18H,2-8,11H2,1H3,(H,26,27,29). The summed E-state index contributed by atoms with van der Waals surface area (Å²) in [7, 11) is 0. The second-order valence-corrected chi connectivity index (χ2v) is 9.50. The van der Waals surface area contributed by atoms with Crippen molar-refractivity contribution in [3.05, 3.63) is 36.2 Å². The number of aromatic nitrogens is 2. The van der Waals surface area contributed by atoms with Crippen molar-refractivity contribution in [1.29, 1.82) is 0 Å². The van der Waals surface area contributed by atoms with Gasteiger partial charge in [-0.05, 0) is 62.3 Å². The lowest BCUT2D eigenvalue weighted by atomic mass is 9.98. The predicted molar refractivity (Wildman–Crippen MR) is 126 cm³/mol. The van der Waals surface area contributed by atoms with Crippen molar-refractivity contribution in [2.45, 2.75) is 58.0 Å². The Morgan fingerprint density at radius 2 is 1.97 bits per heavy atom. The highest BCUT2D eigenvalue weighted by Gasteiger charge is 2.28. The fraction of sp³-hybridized carbons (Fsp3) is 0.417. The minimum atomic E-state index is -0.255. The normalized spacial score (nSPS) is 16.6. The van der Waals surface area contributed by atoms with Crippen molar-refractivity contribution in [3.8, 4) is 11.1 Å². The zero-order chi connectivity index (χ0) is 22.1. The second kappa shape index (κ2) is 8.86. The number of amides is 2. The van der Waals surface area contributed by atoms with E-state index in [1.807, 2.05) is 24.4 Å². The van der Waals surface area contributed by atoms with Crippen LogP contribution in [0.1, 0.15) is 51.1 Å². The third-order valence-corrected chi connectivity index (χ3v) is 7.01. The van der Waals surface area contributed by atoms with Crippen molar-refractivity contribution in [3.63, 3.8) is 0 Å². The number of aryl methyl sites for hydroxylation is 1. The summed E-state index contributed by atoms with van der Waals surface area (Å²) in [4.78, 5) is 35.2. The van der Waals surface area contributed by atoms with Gasteiger partial charge in [0.1, 0.15) is 6.10 Å². The summed E-state index contributed by atoms with van der Waals surface area (Å²) in [5.41, 5.74) is 4.56. The minimum absolute atomic E-state index is 0.0318. The van der Waals surface area contributed by atoms with Crippen LogP contribution in [-0.4, -0.2) is 34.6 Å². The fourth-order valence-electron chi connectivity index (χ4n) is 4.48. The van der Waals surface area contributed by atoms with E-state index in [1.54, 1.807) is 4.90 Å². The highest BCUT2D eigenvalue weighted by Crippen LogP contribution is 2.34. The van der Waals surface area contributed by atoms with E-state index in [4.69, 9.17) is 4.74 Å². The van der Waals surface area contributed by atoms with Crippen LogP contribution >= 0.6 is 11.3 Å². The Kier molecular flexibility index (Phi) is 5.78. The SMILES string of the molecule is CC(=O)Nc1nc2ccc(-c3cnc4c(c3)N(C(=O)OC3CCCCC3)CCC4)cc2s1. The number of carbonyl (C=O) groups excluding carboxylic acids is 2. The average molecular weight is 451 g/mol. The quantitative estimate of drug-likeness (QED) is 0.566. The van der Waals surface area contributed by atoms with Gasteiger partial charge in [0.15, 0.2) is 5.13 Å². The number of nitrogens with one attached hydrogen (secondary N) is 1. The molecule has 7 nitrogen and oxygen atoms in total. The first-order valence-electron chi connectivity index (χ1n) is 11.2. The molecular formula is C24H26N4O3S. The van der Waals surface area contributed by atoms with Crippen molar-refractivity contribution >= 4 is 44.4 Å². The highest BCUT2D eigenvalue weighted by molar-refractivity contribution is 7.22. The number of hydrogen-bond acceptors (Lipinski definition) is 6. The third-order valence-electron chi connectivity index (χ3n) is 6.08. The number of carbonyl (C=O) groups is 2. The van der Waals surface area contributed by atoms with Crippen LogP contribution in [-0.2, 0) is 16.0 Å². The number of anilines is 2. The summed E-state index contributed by atoms with van der Waals surface area (Å²) in [5, 5.41) is 3.33. The van der Waals surface area contributed by atoms with E-state index in [1.165, 1.54) is 24.7 Å². The zero-order valence-electron chi connectivity index (χ0n) is 18.1. The van der Waals surface area contributed by atoms with Gasteiger partial charge in [-0.15, -0.1) is 0 Å². The molecule has 3 heterocycles. The Hall–Kier alpha value is -3.00. The number of ether oxygens (including phenoxy) is 1. The van der Waals surface area contributed by atoms with E-state index in [2.05, 4.69) is 21.4 Å². The molecule has 1 aromatic carbocycles. The number of fused-ring (bicyclic) bond motifs is 2. The van der Waals surface area contributed by atoms with Crippen LogP contribution in [0, 0.1) is 0 Å². The van der Waals surface area contributed by atoms with E-state index in [-0.39, 0.29) is 18.1 Å². The van der Waals surface area contributed by atoms with E-state index in [0.29, 0.717) is 11.7 Å². The van der Waals surface area contributed by atoms with Gasteiger partial charge in [0.2, 0.25) is 5.91 Å². The number of nitrogens with zero attached hydrogens (tertiary/aromatic N) is 3. The van der Waals surface area contributed by atoms with Gasteiger partial charge >= 0.3 is 6.09 Å². The van der Waals surface area contributed by atoms with Crippen LogP contribution in [0.4, 0.5) is 15.6 Å². The predicted octanol–water partition coefficient (Wildman–Crippen LogP) is 5.54. The Labute approximate surface area is 190 Å². The van der Waals surface area contributed by atoms with Gasteiger partial charge in [0.05, 0.1) is 21.6 Å². The minimum Gasteiger partial charge on any atom is -0.446 e. The molecule has 5 rings (SSSR count). The van der Waals surface area contributed by atoms with E-state index in [9.17, 15) is 9.59 Å². The van der Waals surface area contributed by atoms with Crippen LogP contribution in [0.3, 0.4) is 0 Å². The average Bonchev–Trinajstić information content (AvgIpc) is 3.19. The summed E-state index contributed by atoms with van der Waals surface area (Å²) >= 11 is 1.44. The lowest BCUT2D eigenvalue weighted by Gasteiger charge is -2.31. The summed E-state index contributed by atoms with van der Waals surface area (Å²) in [6.45, 7) is 2.12. The Balaban J connectivity index is 1.42. The topological polar surface area (TPSA) is 84.4 Å². The first-order chi connectivity index (χ1) is 15.6. The van der Waals surface area contributed by atoms with Crippen LogP contribution in [0.2, 0.25) is 0 Å². The van der Waals surface area contributed by atoms with Gasteiger partial charge in [-0.2, -0.15) is 0 Å². The van der Waals surface area contributed by atoms with Gasteiger partial charge in [0, 0.05) is 25.2 Å². The number of hydrogen-bond donors (Lipinski definition) is 1. The van der Waals surface area contributed by atoms with Gasteiger partial charge in [-0.1, -0.05) is 23.8 Å². The smallest absolute Gasteiger partial charge is 0.414 e. The van der Waals surface area contributed by atoms with Gasteiger partial charge in [-0.3, -0.25) is 14.7 Å². The maximum absolute atomic E-state index is 13.0. The highest BCUT2D eigenvalue weighted by atomic mass is 32.1. The summed E-state index contributed by atoms with van der Waals surface area (Å²) in [6.07, 6.45) is 8.79. The van der Waals surface area contributed by atoms with E-state index >= 15 is 0 Å². The van der Waals surface area contributed by atoms with Gasteiger partial charge in [0.25, 0.3) is 0 Å². The fourth-order valence-corrected chi connectivity index (χ4v) is 5.43.